The lowest BCUT2D eigenvalue weighted by Gasteiger charge is -2.07. The number of nitrogens with zero attached hydrogens (tertiary/aromatic N) is 2. The minimum atomic E-state index is 0.625. The van der Waals surface area contributed by atoms with E-state index in [2.05, 4.69) is 162 Å². The summed E-state index contributed by atoms with van der Waals surface area (Å²) < 4.78 is 11.5. The molecule has 0 fully saturated rings. The van der Waals surface area contributed by atoms with Crippen molar-refractivity contribution in [3.8, 4) is 39.4 Å². The Hall–Kier alpha value is -5.97. The predicted octanol–water partition coefficient (Wildman–Crippen LogP) is 12.3. The second kappa shape index (κ2) is 10.3. The minimum Gasteiger partial charge on any atom is -0.436 e. The number of hydrogen-bond donors (Lipinski definition) is 0. The minimum absolute atomic E-state index is 0.625. The molecular formula is C43H26N2OS. The second-order valence-corrected chi connectivity index (χ2v) is 13.0. The van der Waals surface area contributed by atoms with E-state index in [4.69, 9.17) is 9.40 Å². The van der Waals surface area contributed by atoms with Crippen LogP contribution < -0.4 is 0 Å². The SMILES string of the molecule is c1ccc(-c2ccc(-c3cc4oc(-c5ccc6c7ccccc7n(-c7ccccc7)c6c5)nc4c4c3sc3ccccc34)cc2)cc1. The van der Waals surface area contributed by atoms with Gasteiger partial charge in [0.25, 0.3) is 0 Å². The number of rotatable bonds is 4. The van der Waals surface area contributed by atoms with E-state index in [-0.39, 0.29) is 0 Å². The van der Waals surface area contributed by atoms with Gasteiger partial charge in [0.1, 0.15) is 5.52 Å². The first-order valence-corrected chi connectivity index (χ1v) is 16.6. The maximum atomic E-state index is 6.69. The standard InChI is InChI=1S/C43H26N2OS/c1-3-11-27(12-4-1)28-19-21-29(22-20-28)35-26-38-41(40-34-16-8-10-18-39(34)47-42(35)40)44-43(46-38)30-23-24-33-32-15-7-9-17-36(32)45(37(33)25-30)31-13-5-2-6-14-31/h1-26H. The molecule has 0 radical (unpaired) electrons. The molecule has 10 rings (SSSR count). The lowest BCUT2D eigenvalue weighted by Crippen LogP contribution is -1.93. The topological polar surface area (TPSA) is 31.0 Å². The van der Waals surface area contributed by atoms with Crippen LogP contribution in [0.4, 0.5) is 0 Å². The van der Waals surface area contributed by atoms with Gasteiger partial charge in [0.2, 0.25) is 5.89 Å². The van der Waals surface area contributed by atoms with Crippen molar-refractivity contribution in [2.75, 3.05) is 0 Å². The van der Waals surface area contributed by atoms with Gasteiger partial charge in [0.15, 0.2) is 5.58 Å². The van der Waals surface area contributed by atoms with E-state index in [1.165, 1.54) is 42.2 Å². The molecule has 3 nitrogen and oxygen atoms in total. The molecule has 0 saturated carbocycles. The summed E-state index contributed by atoms with van der Waals surface area (Å²) >= 11 is 1.82. The van der Waals surface area contributed by atoms with Crippen LogP contribution in [-0.4, -0.2) is 9.55 Å². The molecule has 0 aliphatic heterocycles. The summed E-state index contributed by atoms with van der Waals surface area (Å²) in [6, 6.07) is 55.9. The maximum Gasteiger partial charge on any atom is 0.227 e. The molecule has 0 amide bonds. The molecule has 0 spiro atoms. The molecular weight excluding hydrogens is 593 g/mol. The highest BCUT2D eigenvalue weighted by Gasteiger charge is 2.21. The molecule has 47 heavy (non-hydrogen) atoms. The van der Waals surface area contributed by atoms with Gasteiger partial charge in [0, 0.05) is 47.8 Å². The molecule has 3 heterocycles. The Morgan fingerprint density at radius 3 is 1.98 bits per heavy atom. The van der Waals surface area contributed by atoms with Gasteiger partial charge in [0.05, 0.1) is 11.0 Å². The molecule has 3 aromatic heterocycles. The zero-order chi connectivity index (χ0) is 30.9. The average Bonchev–Trinajstić information content (AvgIpc) is 3.84. The van der Waals surface area contributed by atoms with Crippen LogP contribution >= 0.6 is 11.3 Å². The zero-order valence-electron chi connectivity index (χ0n) is 25.2. The Labute approximate surface area is 274 Å². The molecule has 0 saturated heterocycles. The highest BCUT2D eigenvalue weighted by Crippen LogP contribution is 2.45. The first kappa shape index (κ1) is 26.3. The van der Waals surface area contributed by atoms with Gasteiger partial charge in [-0.2, -0.15) is 0 Å². The van der Waals surface area contributed by atoms with Gasteiger partial charge in [-0.3, -0.25) is 0 Å². The summed E-state index contributed by atoms with van der Waals surface area (Å²) in [5.41, 5.74) is 10.8. The summed E-state index contributed by atoms with van der Waals surface area (Å²) in [6.07, 6.45) is 0. The highest BCUT2D eigenvalue weighted by atomic mass is 32.1. The number of para-hydroxylation sites is 2. The van der Waals surface area contributed by atoms with Gasteiger partial charge in [-0.15, -0.1) is 11.3 Å². The molecule has 0 aliphatic rings. The Morgan fingerprint density at radius 2 is 1.15 bits per heavy atom. The van der Waals surface area contributed by atoms with E-state index in [9.17, 15) is 0 Å². The van der Waals surface area contributed by atoms with E-state index >= 15 is 0 Å². The lowest BCUT2D eigenvalue weighted by molar-refractivity contribution is 0.620. The molecule has 4 heteroatoms. The normalized spacial score (nSPS) is 11.8. The van der Waals surface area contributed by atoms with E-state index in [1.807, 2.05) is 11.3 Å². The van der Waals surface area contributed by atoms with E-state index in [1.54, 1.807) is 0 Å². The fourth-order valence-corrected chi connectivity index (χ4v) is 8.29. The number of benzene rings is 7. The van der Waals surface area contributed by atoms with Crippen LogP contribution in [0.25, 0.3) is 92.5 Å². The van der Waals surface area contributed by atoms with Crippen molar-refractivity contribution in [2.24, 2.45) is 0 Å². The van der Waals surface area contributed by atoms with Crippen molar-refractivity contribution < 1.29 is 4.42 Å². The molecule has 0 bridgehead atoms. The van der Waals surface area contributed by atoms with Crippen molar-refractivity contribution in [3.63, 3.8) is 0 Å². The van der Waals surface area contributed by atoms with Crippen LogP contribution in [-0.2, 0) is 0 Å². The quantitative estimate of drug-likeness (QED) is 0.196. The maximum absolute atomic E-state index is 6.69. The third-order valence-corrected chi connectivity index (χ3v) is 10.4. The van der Waals surface area contributed by atoms with Gasteiger partial charge < -0.3 is 8.98 Å². The number of oxazole rings is 1. The van der Waals surface area contributed by atoms with Crippen LogP contribution in [0.2, 0.25) is 0 Å². The molecule has 0 atom stereocenters. The average molecular weight is 619 g/mol. The Kier molecular flexibility index (Phi) is 5.74. The van der Waals surface area contributed by atoms with Crippen molar-refractivity contribution in [1.29, 1.82) is 0 Å². The number of aromatic nitrogens is 2. The molecule has 0 N–H and O–H groups in total. The van der Waals surface area contributed by atoms with Crippen LogP contribution in [0.5, 0.6) is 0 Å². The number of thiophene rings is 1. The molecule has 0 unspecified atom stereocenters. The van der Waals surface area contributed by atoms with Crippen molar-refractivity contribution in [1.82, 2.24) is 9.55 Å². The van der Waals surface area contributed by atoms with Crippen molar-refractivity contribution in [2.45, 2.75) is 0 Å². The van der Waals surface area contributed by atoms with Gasteiger partial charge in [-0.25, -0.2) is 4.98 Å². The summed E-state index contributed by atoms with van der Waals surface area (Å²) in [5.74, 6) is 0.625. The van der Waals surface area contributed by atoms with E-state index in [0.717, 1.165) is 44.4 Å². The van der Waals surface area contributed by atoms with Crippen LogP contribution in [0.1, 0.15) is 0 Å². The van der Waals surface area contributed by atoms with Gasteiger partial charge in [-0.05, 0) is 59.2 Å². The zero-order valence-corrected chi connectivity index (χ0v) is 26.0. The van der Waals surface area contributed by atoms with E-state index in [0.29, 0.717) is 5.89 Å². The Bertz CT molecular complexity index is 2770. The first-order chi connectivity index (χ1) is 23.3. The Morgan fingerprint density at radius 1 is 0.511 bits per heavy atom. The first-order valence-electron chi connectivity index (χ1n) is 15.8. The fraction of sp³-hybridized carbons (Fsp3) is 0. The third kappa shape index (κ3) is 4.09. The molecule has 7 aromatic carbocycles. The van der Waals surface area contributed by atoms with Gasteiger partial charge in [-0.1, -0.05) is 115 Å². The fourth-order valence-electron chi connectivity index (χ4n) is 7.05. The monoisotopic (exact) mass is 618 g/mol. The molecule has 10 aromatic rings. The smallest absolute Gasteiger partial charge is 0.227 e. The van der Waals surface area contributed by atoms with Crippen molar-refractivity contribution >= 4 is 64.4 Å². The largest absolute Gasteiger partial charge is 0.436 e. The number of hydrogen-bond acceptors (Lipinski definition) is 3. The number of fused-ring (bicyclic) bond motifs is 8. The lowest BCUT2D eigenvalue weighted by atomic mass is 9.98. The van der Waals surface area contributed by atoms with Crippen LogP contribution in [0.15, 0.2) is 162 Å². The van der Waals surface area contributed by atoms with Crippen LogP contribution in [0.3, 0.4) is 0 Å². The summed E-state index contributed by atoms with van der Waals surface area (Å²) in [7, 11) is 0. The van der Waals surface area contributed by atoms with E-state index < -0.39 is 0 Å². The van der Waals surface area contributed by atoms with Gasteiger partial charge >= 0.3 is 0 Å². The highest BCUT2D eigenvalue weighted by molar-refractivity contribution is 7.26. The predicted molar refractivity (Wildman–Crippen MR) is 198 cm³/mol. The van der Waals surface area contributed by atoms with Crippen molar-refractivity contribution in [3.05, 3.63) is 158 Å². The summed E-state index contributed by atoms with van der Waals surface area (Å²) in [6.45, 7) is 0. The molecule has 220 valence electrons. The summed E-state index contributed by atoms with van der Waals surface area (Å²) in [5, 5.41) is 4.79. The molecule has 0 aliphatic carbocycles. The van der Waals surface area contributed by atoms with Crippen LogP contribution in [0, 0.1) is 0 Å². The third-order valence-electron chi connectivity index (χ3n) is 9.24. The summed E-state index contributed by atoms with van der Waals surface area (Å²) in [4.78, 5) is 5.22. The second-order valence-electron chi connectivity index (χ2n) is 12.0. The Balaban J connectivity index is 1.19.